The SMILES string of the molecule is CN=C(NCCc1ccc2c(c1)CCO2)NCCN1CCCCCC1.I. The lowest BCUT2D eigenvalue weighted by atomic mass is 10.1. The summed E-state index contributed by atoms with van der Waals surface area (Å²) in [6.45, 7) is 6.26. The molecular formula is C20H33IN4O. The zero-order valence-corrected chi connectivity index (χ0v) is 18.3. The smallest absolute Gasteiger partial charge is 0.191 e. The Labute approximate surface area is 175 Å². The third-order valence-corrected chi connectivity index (χ3v) is 5.10. The fourth-order valence-electron chi connectivity index (χ4n) is 3.63. The minimum Gasteiger partial charge on any atom is -0.493 e. The molecule has 2 aliphatic heterocycles. The maximum atomic E-state index is 5.57. The van der Waals surface area contributed by atoms with E-state index in [0.29, 0.717) is 0 Å². The molecule has 1 aromatic carbocycles. The van der Waals surface area contributed by atoms with Crippen molar-refractivity contribution in [3.05, 3.63) is 29.3 Å². The van der Waals surface area contributed by atoms with Gasteiger partial charge < -0.3 is 20.3 Å². The van der Waals surface area contributed by atoms with Crippen LogP contribution >= 0.6 is 24.0 Å². The molecule has 1 aromatic rings. The third kappa shape index (κ3) is 6.61. The number of benzene rings is 1. The molecule has 1 saturated heterocycles. The molecule has 2 N–H and O–H groups in total. The van der Waals surface area contributed by atoms with Crippen molar-refractivity contribution in [2.45, 2.75) is 38.5 Å². The molecule has 0 aromatic heterocycles. The molecule has 0 unspecified atom stereocenters. The van der Waals surface area contributed by atoms with Crippen LogP contribution in [0.15, 0.2) is 23.2 Å². The highest BCUT2D eigenvalue weighted by atomic mass is 127. The Morgan fingerprint density at radius 2 is 1.88 bits per heavy atom. The van der Waals surface area contributed by atoms with E-state index in [9.17, 15) is 0 Å². The molecule has 2 aliphatic rings. The lowest BCUT2D eigenvalue weighted by Gasteiger charge is -2.20. The molecule has 0 bridgehead atoms. The molecular weight excluding hydrogens is 439 g/mol. The van der Waals surface area contributed by atoms with E-state index in [1.165, 1.54) is 49.9 Å². The maximum absolute atomic E-state index is 5.57. The summed E-state index contributed by atoms with van der Waals surface area (Å²) in [6, 6.07) is 6.55. The summed E-state index contributed by atoms with van der Waals surface area (Å²) in [7, 11) is 1.84. The van der Waals surface area contributed by atoms with Crippen LogP contribution < -0.4 is 15.4 Å². The van der Waals surface area contributed by atoms with E-state index < -0.39 is 0 Å². The molecule has 1 fully saturated rings. The van der Waals surface area contributed by atoms with Gasteiger partial charge in [0.15, 0.2) is 5.96 Å². The molecule has 0 spiro atoms. The van der Waals surface area contributed by atoms with E-state index in [1.807, 2.05) is 7.05 Å². The van der Waals surface area contributed by atoms with Crippen LogP contribution in [0.25, 0.3) is 0 Å². The molecule has 2 heterocycles. The first-order chi connectivity index (χ1) is 12.3. The Hall–Kier alpha value is -1.02. The van der Waals surface area contributed by atoms with Crippen molar-refractivity contribution in [3.8, 4) is 5.75 Å². The highest BCUT2D eigenvalue weighted by molar-refractivity contribution is 14.0. The number of nitrogens with one attached hydrogen (secondary N) is 2. The molecule has 146 valence electrons. The van der Waals surface area contributed by atoms with E-state index in [1.54, 1.807) is 0 Å². The third-order valence-electron chi connectivity index (χ3n) is 5.10. The highest BCUT2D eigenvalue weighted by Gasteiger charge is 2.12. The number of nitrogens with zero attached hydrogens (tertiary/aromatic N) is 2. The maximum Gasteiger partial charge on any atom is 0.191 e. The number of rotatable bonds is 6. The van der Waals surface area contributed by atoms with Gasteiger partial charge in [0.2, 0.25) is 0 Å². The predicted molar refractivity (Wildman–Crippen MR) is 119 cm³/mol. The number of aliphatic imine (C=N–C) groups is 1. The Morgan fingerprint density at radius 3 is 2.65 bits per heavy atom. The summed E-state index contributed by atoms with van der Waals surface area (Å²) in [5, 5.41) is 6.87. The molecule has 5 nitrogen and oxygen atoms in total. The predicted octanol–water partition coefficient (Wildman–Crippen LogP) is 2.82. The molecule has 0 aliphatic carbocycles. The number of likely N-dealkylation sites (tertiary alicyclic amines) is 1. The average molecular weight is 472 g/mol. The van der Waals surface area contributed by atoms with Gasteiger partial charge in [-0.25, -0.2) is 0 Å². The lowest BCUT2D eigenvalue weighted by molar-refractivity contribution is 0.289. The number of fused-ring (bicyclic) bond motifs is 1. The lowest BCUT2D eigenvalue weighted by Crippen LogP contribution is -2.42. The molecule has 26 heavy (non-hydrogen) atoms. The standard InChI is InChI=1S/C20H32N4O.HI/c1-21-20(23-11-14-24-12-4-2-3-5-13-24)22-10-8-17-6-7-19-18(16-17)9-15-25-19;/h6-7,16H,2-5,8-15H2,1H3,(H2,21,22,23);1H. The Morgan fingerprint density at radius 1 is 1.12 bits per heavy atom. The zero-order chi connectivity index (χ0) is 17.3. The van der Waals surface area contributed by atoms with Crippen LogP contribution in [0.2, 0.25) is 0 Å². The summed E-state index contributed by atoms with van der Waals surface area (Å²) in [4.78, 5) is 6.90. The minimum absolute atomic E-state index is 0. The van der Waals surface area contributed by atoms with Gasteiger partial charge in [0.05, 0.1) is 6.61 Å². The van der Waals surface area contributed by atoms with Gasteiger partial charge in [-0.3, -0.25) is 4.99 Å². The summed E-state index contributed by atoms with van der Waals surface area (Å²) in [5.74, 6) is 1.96. The van der Waals surface area contributed by atoms with E-state index >= 15 is 0 Å². The molecule has 6 heteroatoms. The Bertz CT molecular complexity index is 571. The molecule has 3 rings (SSSR count). The van der Waals surface area contributed by atoms with Crippen molar-refractivity contribution >= 4 is 29.9 Å². The van der Waals surface area contributed by atoms with Crippen LogP contribution in [0.1, 0.15) is 36.8 Å². The van der Waals surface area contributed by atoms with Gasteiger partial charge in [0, 0.05) is 33.1 Å². The highest BCUT2D eigenvalue weighted by Crippen LogP contribution is 2.25. The van der Waals surface area contributed by atoms with E-state index in [4.69, 9.17) is 4.74 Å². The first-order valence-electron chi connectivity index (χ1n) is 9.76. The largest absolute Gasteiger partial charge is 0.493 e. The second-order valence-electron chi connectivity index (χ2n) is 6.97. The van der Waals surface area contributed by atoms with Gasteiger partial charge in [0.1, 0.15) is 5.75 Å². The second kappa shape index (κ2) is 11.6. The number of ether oxygens (including phenoxy) is 1. The van der Waals surface area contributed by atoms with Crippen molar-refractivity contribution in [2.75, 3.05) is 46.4 Å². The van der Waals surface area contributed by atoms with Gasteiger partial charge in [-0.2, -0.15) is 0 Å². The zero-order valence-electron chi connectivity index (χ0n) is 15.9. The summed E-state index contributed by atoms with van der Waals surface area (Å²) in [5.41, 5.74) is 2.70. The quantitative estimate of drug-likeness (QED) is 0.380. The monoisotopic (exact) mass is 472 g/mol. The summed E-state index contributed by atoms with van der Waals surface area (Å²) in [6.07, 6.45) is 7.51. The first-order valence-corrected chi connectivity index (χ1v) is 9.76. The molecule has 0 amide bonds. The van der Waals surface area contributed by atoms with Crippen molar-refractivity contribution in [1.82, 2.24) is 15.5 Å². The molecule has 0 saturated carbocycles. The van der Waals surface area contributed by atoms with Gasteiger partial charge in [0.25, 0.3) is 0 Å². The number of halogens is 1. The fraction of sp³-hybridized carbons (Fsp3) is 0.650. The van der Waals surface area contributed by atoms with E-state index in [0.717, 1.165) is 50.8 Å². The Balaban J connectivity index is 0.00000243. The molecule has 0 atom stereocenters. The van der Waals surface area contributed by atoms with E-state index in [-0.39, 0.29) is 24.0 Å². The van der Waals surface area contributed by atoms with Gasteiger partial charge in [-0.05, 0) is 49.5 Å². The number of hydrogen-bond donors (Lipinski definition) is 2. The number of hydrogen-bond acceptors (Lipinski definition) is 3. The van der Waals surface area contributed by atoms with Crippen molar-refractivity contribution in [1.29, 1.82) is 0 Å². The van der Waals surface area contributed by atoms with Crippen LogP contribution in [0, 0.1) is 0 Å². The summed E-state index contributed by atoms with van der Waals surface area (Å²) < 4.78 is 5.57. The second-order valence-corrected chi connectivity index (χ2v) is 6.97. The van der Waals surface area contributed by atoms with Crippen LogP contribution in [-0.4, -0.2) is 57.2 Å². The topological polar surface area (TPSA) is 48.9 Å². The van der Waals surface area contributed by atoms with Gasteiger partial charge >= 0.3 is 0 Å². The first kappa shape index (κ1) is 21.3. The number of guanidine groups is 1. The van der Waals surface area contributed by atoms with E-state index in [2.05, 4.69) is 38.7 Å². The normalized spacial score (nSPS) is 17.7. The van der Waals surface area contributed by atoms with Crippen LogP contribution in [0.5, 0.6) is 5.75 Å². The minimum atomic E-state index is 0. The fourth-order valence-corrected chi connectivity index (χ4v) is 3.63. The summed E-state index contributed by atoms with van der Waals surface area (Å²) >= 11 is 0. The van der Waals surface area contributed by atoms with Gasteiger partial charge in [-0.15, -0.1) is 24.0 Å². The van der Waals surface area contributed by atoms with Gasteiger partial charge in [-0.1, -0.05) is 25.0 Å². The van der Waals surface area contributed by atoms with Crippen molar-refractivity contribution in [3.63, 3.8) is 0 Å². The van der Waals surface area contributed by atoms with Crippen LogP contribution in [-0.2, 0) is 12.8 Å². The molecule has 0 radical (unpaired) electrons. The van der Waals surface area contributed by atoms with Crippen LogP contribution in [0.4, 0.5) is 0 Å². The average Bonchev–Trinajstić information content (AvgIpc) is 2.95. The van der Waals surface area contributed by atoms with Crippen molar-refractivity contribution in [2.24, 2.45) is 4.99 Å². The Kier molecular flexibility index (Phi) is 9.53. The van der Waals surface area contributed by atoms with Crippen molar-refractivity contribution < 1.29 is 4.74 Å². The van der Waals surface area contributed by atoms with Crippen LogP contribution in [0.3, 0.4) is 0 Å².